The normalized spacial score (nSPS) is 15.3. The number of nitrogens with two attached hydrogens (primary N) is 1. The molecule has 2 N–H and O–H groups in total. The van der Waals surface area contributed by atoms with E-state index in [4.69, 9.17) is 10.5 Å². The minimum absolute atomic E-state index is 0.0896. The van der Waals surface area contributed by atoms with E-state index in [2.05, 4.69) is 5.10 Å². The molecule has 9 nitrogen and oxygen atoms in total. The molecule has 2 aromatic carbocycles. The number of carbonyl (C=O) groups excluding carboxylic acids is 3. The third-order valence-electron chi connectivity index (χ3n) is 6.20. The van der Waals surface area contributed by atoms with Crippen molar-refractivity contribution < 1.29 is 19.1 Å². The molecule has 33 heavy (non-hydrogen) atoms. The van der Waals surface area contributed by atoms with E-state index in [1.165, 1.54) is 11.8 Å². The lowest BCUT2D eigenvalue weighted by Gasteiger charge is -2.33. The van der Waals surface area contributed by atoms with Crippen LogP contribution in [-0.4, -0.2) is 47.7 Å². The monoisotopic (exact) mass is 445 g/mol. The molecule has 0 atom stereocenters. The molecule has 5 rings (SSSR count). The summed E-state index contributed by atoms with van der Waals surface area (Å²) < 4.78 is 6.90. The molecule has 0 unspecified atom stereocenters. The number of hydrogen-bond donors (Lipinski definition) is 1. The zero-order valence-corrected chi connectivity index (χ0v) is 18.4. The molecule has 2 aliphatic heterocycles. The molecular formula is C24H23N5O4. The number of fused-ring (bicyclic) bond motifs is 1. The van der Waals surface area contributed by atoms with Crippen LogP contribution in [0.2, 0.25) is 0 Å². The standard InChI is InChI=1S/C24H23N5O4/c1-14-13-15(7-8-17(14)28-12-10-20(28)30)27-11-9-16-21(23(25)31)26-29(22(16)24(27)32)18-5-3-4-6-19(18)33-2/h3-8,13H,9-12H2,1-2H3,(H2,25,31). The van der Waals surface area contributed by atoms with Gasteiger partial charge >= 0.3 is 0 Å². The van der Waals surface area contributed by atoms with Crippen LogP contribution in [0, 0.1) is 6.92 Å². The molecule has 0 saturated carbocycles. The lowest BCUT2D eigenvalue weighted by molar-refractivity contribution is -0.122. The van der Waals surface area contributed by atoms with Gasteiger partial charge in [-0.1, -0.05) is 12.1 Å². The van der Waals surface area contributed by atoms with Crippen molar-refractivity contribution in [1.82, 2.24) is 9.78 Å². The second-order valence-electron chi connectivity index (χ2n) is 8.10. The van der Waals surface area contributed by atoms with Gasteiger partial charge in [-0.15, -0.1) is 0 Å². The predicted molar refractivity (Wildman–Crippen MR) is 122 cm³/mol. The average Bonchev–Trinajstić information content (AvgIpc) is 3.20. The molecule has 168 valence electrons. The second kappa shape index (κ2) is 7.77. The number of amides is 3. The van der Waals surface area contributed by atoms with Gasteiger partial charge in [0.05, 0.1) is 7.11 Å². The maximum atomic E-state index is 13.7. The molecular weight excluding hydrogens is 422 g/mol. The molecule has 9 heteroatoms. The number of para-hydroxylation sites is 2. The van der Waals surface area contributed by atoms with E-state index in [1.54, 1.807) is 28.0 Å². The highest BCUT2D eigenvalue weighted by molar-refractivity contribution is 6.10. The Hall–Kier alpha value is -4.14. The third-order valence-corrected chi connectivity index (χ3v) is 6.20. The number of primary amides is 1. The molecule has 3 aromatic rings. The minimum atomic E-state index is -0.680. The molecule has 0 radical (unpaired) electrons. The van der Waals surface area contributed by atoms with Gasteiger partial charge in [-0.25, -0.2) is 4.68 Å². The Morgan fingerprint density at radius 3 is 2.42 bits per heavy atom. The highest BCUT2D eigenvalue weighted by Crippen LogP contribution is 2.34. The predicted octanol–water partition coefficient (Wildman–Crippen LogP) is 2.23. The van der Waals surface area contributed by atoms with E-state index in [0.29, 0.717) is 54.3 Å². The first-order valence-electron chi connectivity index (χ1n) is 10.7. The Kier molecular flexibility index (Phi) is 4.88. The van der Waals surface area contributed by atoms with Gasteiger partial charge < -0.3 is 20.3 Å². The molecule has 1 aromatic heterocycles. The van der Waals surface area contributed by atoms with Gasteiger partial charge in [0.25, 0.3) is 11.8 Å². The summed E-state index contributed by atoms with van der Waals surface area (Å²) in [5, 5.41) is 4.40. The maximum Gasteiger partial charge on any atom is 0.277 e. The number of hydrogen-bond acceptors (Lipinski definition) is 5. The lowest BCUT2D eigenvalue weighted by Crippen LogP contribution is -2.44. The molecule has 0 aliphatic carbocycles. The Morgan fingerprint density at radius 1 is 1.03 bits per heavy atom. The minimum Gasteiger partial charge on any atom is -0.494 e. The van der Waals surface area contributed by atoms with Crippen molar-refractivity contribution in [3.63, 3.8) is 0 Å². The fourth-order valence-corrected chi connectivity index (χ4v) is 4.46. The number of benzene rings is 2. The van der Waals surface area contributed by atoms with Crippen molar-refractivity contribution in [2.24, 2.45) is 5.73 Å². The van der Waals surface area contributed by atoms with Gasteiger partial charge in [0.1, 0.15) is 17.1 Å². The number of β-lactam (4-membered cyclic amide) rings is 1. The van der Waals surface area contributed by atoms with Crippen LogP contribution in [0.25, 0.3) is 5.69 Å². The van der Waals surface area contributed by atoms with Crippen LogP contribution >= 0.6 is 0 Å². The van der Waals surface area contributed by atoms with Crippen LogP contribution in [0.4, 0.5) is 11.4 Å². The first-order valence-corrected chi connectivity index (χ1v) is 10.7. The zero-order valence-electron chi connectivity index (χ0n) is 18.4. The summed E-state index contributed by atoms with van der Waals surface area (Å²) in [6.07, 6.45) is 0.990. The van der Waals surface area contributed by atoms with E-state index < -0.39 is 5.91 Å². The SMILES string of the molecule is COc1ccccc1-n1nc(C(N)=O)c2c1C(=O)N(c1ccc(N3CCC3=O)c(C)c1)CC2. The Morgan fingerprint density at radius 2 is 1.79 bits per heavy atom. The number of methoxy groups -OCH3 is 1. The summed E-state index contributed by atoms with van der Waals surface area (Å²) in [4.78, 5) is 41.0. The Bertz CT molecular complexity index is 1310. The fraction of sp³-hybridized carbons (Fsp3) is 0.250. The van der Waals surface area contributed by atoms with E-state index in [0.717, 1.165) is 11.3 Å². The summed E-state index contributed by atoms with van der Waals surface area (Å²) in [5.74, 6) is -0.345. The van der Waals surface area contributed by atoms with Crippen LogP contribution in [0.15, 0.2) is 42.5 Å². The molecule has 1 saturated heterocycles. The van der Waals surface area contributed by atoms with Gasteiger partial charge in [-0.2, -0.15) is 5.10 Å². The molecule has 1 fully saturated rings. The topological polar surface area (TPSA) is 111 Å². The largest absolute Gasteiger partial charge is 0.494 e. The van der Waals surface area contributed by atoms with Gasteiger partial charge in [0.15, 0.2) is 5.69 Å². The number of nitrogens with zero attached hydrogens (tertiary/aromatic N) is 4. The van der Waals surface area contributed by atoms with Crippen molar-refractivity contribution in [3.05, 3.63) is 65.0 Å². The number of carbonyl (C=O) groups is 3. The number of anilines is 2. The van der Waals surface area contributed by atoms with Crippen LogP contribution in [0.1, 0.15) is 38.5 Å². The van der Waals surface area contributed by atoms with E-state index in [9.17, 15) is 14.4 Å². The van der Waals surface area contributed by atoms with Crippen LogP contribution in [0.3, 0.4) is 0 Å². The molecule has 2 aliphatic rings. The molecule has 3 amide bonds. The molecule has 0 spiro atoms. The number of rotatable bonds is 5. The quantitative estimate of drug-likeness (QED) is 0.606. The first-order chi connectivity index (χ1) is 15.9. The van der Waals surface area contributed by atoms with E-state index >= 15 is 0 Å². The maximum absolute atomic E-state index is 13.7. The van der Waals surface area contributed by atoms with E-state index in [-0.39, 0.29) is 17.5 Å². The zero-order chi connectivity index (χ0) is 23.3. The van der Waals surface area contributed by atoms with Crippen molar-refractivity contribution >= 4 is 29.1 Å². The van der Waals surface area contributed by atoms with Crippen molar-refractivity contribution in [2.45, 2.75) is 19.8 Å². The highest BCUT2D eigenvalue weighted by atomic mass is 16.5. The smallest absolute Gasteiger partial charge is 0.277 e. The average molecular weight is 445 g/mol. The Labute approximate surface area is 190 Å². The summed E-state index contributed by atoms with van der Waals surface area (Å²) in [6, 6.07) is 12.8. The van der Waals surface area contributed by atoms with E-state index in [1.807, 2.05) is 31.2 Å². The van der Waals surface area contributed by atoms with Crippen LogP contribution in [0.5, 0.6) is 5.75 Å². The van der Waals surface area contributed by atoms with Gasteiger partial charge in [-0.3, -0.25) is 14.4 Å². The highest BCUT2D eigenvalue weighted by Gasteiger charge is 2.35. The number of aryl methyl sites for hydroxylation is 1. The second-order valence-corrected chi connectivity index (χ2v) is 8.10. The summed E-state index contributed by atoms with van der Waals surface area (Å²) in [6.45, 7) is 3.01. The summed E-state index contributed by atoms with van der Waals surface area (Å²) >= 11 is 0. The van der Waals surface area contributed by atoms with Crippen molar-refractivity contribution in [1.29, 1.82) is 0 Å². The number of aromatic nitrogens is 2. The molecule has 3 heterocycles. The van der Waals surface area contributed by atoms with Gasteiger partial charge in [-0.05, 0) is 49.2 Å². The first kappa shape index (κ1) is 20.7. The summed E-state index contributed by atoms with van der Waals surface area (Å²) in [5.41, 5.74) is 9.53. The summed E-state index contributed by atoms with van der Waals surface area (Å²) in [7, 11) is 1.53. The lowest BCUT2D eigenvalue weighted by atomic mass is 10.0. The van der Waals surface area contributed by atoms with Gasteiger partial charge in [0.2, 0.25) is 5.91 Å². The van der Waals surface area contributed by atoms with Gasteiger partial charge in [0, 0.05) is 36.4 Å². The number of ether oxygens (including phenoxy) is 1. The molecule has 0 bridgehead atoms. The van der Waals surface area contributed by atoms with Crippen molar-refractivity contribution in [2.75, 3.05) is 30.0 Å². The third kappa shape index (κ3) is 3.24. The van der Waals surface area contributed by atoms with Crippen LogP contribution < -0.4 is 20.3 Å². The Balaban J connectivity index is 1.58. The van der Waals surface area contributed by atoms with Crippen molar-refractivity contribution in [3.8, 4) is 11.4 Å². The fourth-order valence-electron chi connectivity index (χ4n) is 4.46. The van der Waals surface area contributed by atoms with Crippen LogP contribution in [-0.2, 0) is 11.2 Å².